The summed E-state index contributed by atoms with van der Waals surface area (Å²) < 4.78 is 20.7. The number of methoxy groups -OCH3 is 1. The summed E-state index contributed by atoms with van der Waals surface area (Å²) in [6.45, 7) is 0. The zero-order valence-electron chi connectivity index (χ0n) is 11.8. The molecule has 108 valence electrons. The minimum atomic E-state index is -0.407. The number of halogens is 1. The first-order valence-electron chi connectivity index (χ1n) is 6.84. The van der Waals surface area contributed by atoms with Gasteiger partial charge in [0.25, 0.3) is 0 Å². The summed E-state index contributed by atoms with van der Waals surface area (Å²) in [6.07, 6.45) is 1.90. The highest BCUT2D eigenvalue weighted by Crippen LogP contribution is 2.25. The predicted molar refractivity (Wildman–Crippen MR) is 82.4 cm³/mol. The Morgan fingerprint density at radius 1 is 1.05 bits per heavy atom. The average Bonchev–Trinajstić information content (AvgIpc) is 2.92. The third kappa shape index (κ3) is 1.90. The van der Waals surface area contributed by atoms with Crippen molar-refractivity contribution in [3.8, 4) is 17.0 Å². The summed E-state index contributed by atoms with van der Waals surface area (Å²) in [5.74, 6) is 0.404. The zero-order chi connectivity index (χ0) is 15.1. The minimum Gasteiger partial charge on any atom is -0.494 e. The van der Waals surface area contributed by atoms with E-state index in [2.05, 4.69) is 9.97 Å². The number of nitrogens with zero attached hydrogens (tertiary/aromatic N) is 3. The Kier molecular flexibility index (Phi) is 2.79. The highest BCUT2D eigenvalue weighted by atomic mass is 19.1. The molecule has 4 nitrogen and oxygen atoms in total. The molecule has 22 heavy (non-hydrogen) atoms. The van der Waals surface area contributed by atoms with E-state index in [0.29, 0.717) is 17.0 Å². The predicted octanol–water partition coefficient (Wildman–Crippen LogP) is 3.70. The van der Waals surface area contributed by atoms with Crippen LogP contribution in [0.25, 0.3) is 28.1 Å². The van der Waals surface area contributed by atoms with Gasteiger partial charge in [-0.2, -0.15) is 0 Å². The lowest BCUT2D eigenvalue weighted by molar-refractivity contribution is 0.386. The van der Waals surface area contributed by atoms with Gasteiger partial charge in [-0.25, -0.2) is 14.4 Å². The molecule has 2 aromatic heterocycles. The number of ether oxygens (including phenoxy) is 1. The minimum absolute atomic E-state index is 0.219. The molecular formula is C17H12FN3O. The number of benzene rings is 2. The molecule has 0 N–H and O–H groups in total. The Balaban J connectivity index is 1.89. The monoisotopic (exact) mass is 293 g/mol. The van der Waals surface area contributed by atoms with Crippen LogP contribution in [0.3, 0.4) is 0 Å². The molecule has 0 saturated carbocycles. The van der Waals surface area contributed by atoms with Crippen molar-refractivity contribution in [2.75, 3.05) is 7.11 Å². The molecular weight excluding hydrogens is 281 g/mol. The molecule has 0 atom stereocenters. The van der Waals surface area contributed by atoms with Gasteiger partial charge in [-0.15, -0.1) is 0 Å². The summed E-state index contributed by atoms with van der Waals surface area (Å²) in [4.78, 5) is 9.01. The number of hydrogen-bond acceptors (Lipinski definition) is 3. The van der Waals surface area contributed by atoms with Gasteiger partial charge in [-0.3, -0.25) is 4.40 Å². The fraction of sp³-hybridized carbons (Fsp3) is 0.0588. The number of rotatable bonds is 2. The summed E-state index contributed by atoms with van der Waals surface area (Å²) in [5.41, 5.74) is 3.24. The molecule has 0 unspecified atom stereocenters. The van der Waals surface area contributed by atoms with E-state index in [1.807, 2.05) is 40.9 Å². The van der Waals surface area contributed by atoms with Crippen LogP contribution in [-0.4, -0.2) is 21.5 Å². The van der Waals surface area contributed by atoms with E-state index in [9.17, 15) is 4.39 Å². The number of fused-ring (bicyclic) bond motifs is 3. The molecule has 0 fully saturated rings. The molecule has 0 amide bonds. The van der Waals surface area contributed by atoms with Crippen molar-refractivity contribution >= 4 is 16.8 Å². The SMILES string of the molecule is COc1ccc(-c2ccn3c(n2)nc2ccccc23)cc1F. The molecule has 4 aromatic rings. The van der Waals surface area contributed by atoms with Crippen molar-refractivity contribution in [1.29, 1.82) is 0 Å². The summed E-state index contributed by atoms with van der Waals surface area (Å²) >= 11 is 0. The summed E-state index contributed by atoms with van der Waals surface area (Å²) in [7, 11) is 1.44. The maximum Gasteiger partial charge on any atom is 0.235 e. The first kappa shape index (κ1) is 12.8. The summed E-state index contributed by atoms with van der Waals surface area (Å²) in [6, 6.07) is 14.5. The third-order valence-corrected chi connectivity index (χ3v) is 3.63. The van der Waals surface area contributed by atoms with Crippen LogP contribution >= 0.6 is 0 Å². The average molecular weight is 293 g/mol. The number of aromatic nitrogens is 3. The molecule has 2 heterocycles. The molecule has 0 radical (unpaired) electrons. The first-order valence-corrected chi connectivity index (χ1v) is 6.84. The van der Waals surface area contributed by atoms with Crippen molar-refractivity contribution in [1.82, 2.24) is 14.4 Å². The van der Waals surface area contributed by atoms with Gasteiger partial charge in [0.15, 0.2) is 11.6 Å². The van der Waals surface area contributed by atoms with Crippen LogP contribution in [-0.2, 0) is 0 Å². The van der Waals surface area contributed by atoms with Crippen LogP contribution in [0.5, 0.6) is 5.75 Å². The molecule has 0 spiro atoms. The lowest BCUT2D eigenvalue weighted by atomic mass is 10.1. The Bertz CT molecular complexity index is 994. The van der Waals surface area contributed by atoms with Crippen LogP contribution in [0.1, 0.15) is 0 Å². The number of para-hydroxylation sites is 2. The lowest BCUT2D eigenvalue weighted by Crippen LogP contribution is -1.93. The topological polar surface area (TPSA) is 39.4 Å². The number of hydrogen-bond donors (Lipinski definition) is 0. The van der Waals surface area contributed by atoms with Crippen LogP contribution in [0, 0.1) is 5.82 Å². The highest BCUT2D eigenvalue weighted by molar-refractivity contribution is 5.80. The molecule has 0 aliphatic rings. The van der Waals surface area contributed by atoms with Crippen LogP contribution in [0.4, 0.5) is 4.39 Å². The van der Waals surface area contributed by atoms with Crippen molar-refractivity contribution < 1.29 is 9.13 Å². The van der Waals surface area contributed by atoms with Gasteiger partial charge in [0.2, 0.25) is 5.78 Å². The lowest BCUT2D eigenvalue weighted by Gasteiger charge is -2.05. The zero-order valence-corrected chi connectivity index (χ0v) is 11.8. The normalized spacial score (nSPS) is 11.2. The van der Waals surface area contributed by atoms with Crippen LogP contribution in [0.15, 0.2) is 54.7 Å². The molecule has 0 aliphatic heterocycles. The second kappa shape index (κ2) is 4.80. The molecule has 2 aromatic carbocycles. The maximum atomic E-state index is 13.8. The fourth-order valence-electron chi connectivity index (χ4n) is 2.53. The summed E-state index contributed by atoms with van der Waals surface area (Å²) in [5, 5.41) is 0. The standard InChI is InChI=1S/C17H12FN3O/c1-22-16-7-6-11(10-12(16)18)13-8-9-21-15-5-3-2-4-14(15)20-17(21)19-13/h2-10H,1H3. The van der Waals surface area contributed by atoms with Crippen LogP contribution < -0.4 is 4.74 Å². The van der Waals surface area contributed by atoms with E-state index >= 15 is 0 Å². The Morgan fingerprint density at radius 2 is 1.91 bits per heavy atom. The Hall–Kier alpha value is -2.95. The van der Waals surface area contributed by atoms with Gasteiger partial charge in [0, 0.05) is 11.8 Å². The van der Waals surface area contributed by atoms with Crippen molar-refractivity contribution in [2.24, 2.45) is 0 Å². The van der Waals surface area contributed by atoms with Gasteiger partial charge in [0.1, 0.15) is 0 Å². The fourth-order valence-corrected chi connectivity index (χ4v) is 2.53. The van der Waals surface area contributed by atoms with Gasteiger partial charge in [-0.1, -0.05) is 12.1 Å². The van der Waals surface area contributed by atoms with Crippen molar-refractivity contribution in [3.63, 3.8) is 0 Å². The van der Waals surface area contributed by atoms with Gasteiger partial charge in [0.05, 0.1) is 23.8 Å². The molecule has 0 saturated heterocycles. The molecule has 0 bridgehead atoms. The van der Waals surface area contributed by atoms with E-state index in [4.69, 9.17) is 4.74 Å². The second-order valence-electron chi connectivity index (χ2n) is 4.93. The van der Waals surface area contributed by atoms with E-state index in [1.54, 1.807) is 12.1 Å². The number of imidazole rings is 1. The Morgan fingerprint density at radius 3 is 2.73 bits per heavy atom. The van der Waals surface area contributed by atoms with Crippen molar-refractivity contribution in [2.45, 2.75) is 0 Å². The third-order valence-electron chi connectivity index (χ3n) is 3.63. The maximum absolute atomic E-state index is 13.8. The molecule has 5 heteroatoms. The quantitative estimate of drug-likeness (QED) is 0.566. The molecule has 4 rings (SSSR count). The first-order chi connectivity index (χ1) is 10.8. The van der Waals surface area contributed by atoms with Gasteiger partial charge in [-0.05, 0) is 36.4 Å². The van der Waals surface area contributed by atoms with E-state index in [-0.39, 0.29) is 5.75 Å². The van der Waals surface area contributed by atoms with E-state index < -0.39 is 5.82 Å². The Labute approximate surface area is 125 Å². The highest BCUT2D eigenvalue weighted by Gasteiger charge is 2.09. The van der Waals surface area contributed by atoms with Gasteiger partial charge >= 0.3 is 0 Å². The second-order valence-corrected chi connectivity index (χ2v) is 4.93. The van der Waals surface area contributed by atoms with Gasteiger partial charge < -0.3 is 4.74 Å². The van der Waals surface area contributed by atoms with Crippen molar-refractivity contribution in [3.05, 3.63) is 60.5 Å². The largest absolute Gasteiger partial charge is 0.494 e. The van der Waals surface area contributed by atoms with E-state index in [0.717, 1.165) is 11.0 Å². The van der Waals surface area contributed by atoms with Crippen LogP contribution in [0.2, 0.25) is 0 Å². The smallest absolute Gasteiger partial charge is 0.235 e. The van der Waals surface area contributed by atoms with E-state index in [1.165, 1.54) is 13.2 Å². The molecule has 0 aliphatic carbocycles.